The molecule has 0 spiro atoms. The zero-order valence-electron chi connectivity index (χ0n) is 14.1. The van der Waals surface area contributed by atoms with Crippen molar-refractivity contribution in [2.75, 3.05) is 0 Å². The molecule has 3 heterocycles. The zero-order valence-corrected chi connectivity index (χ0v) is 14.1. The van der Waals surface area contributed by atoms with Crippen molar-refractivity contribution in [3.63, 3.8) is 0 Å². The minimum atomic E-state index is -0.372. The number of allylic oxidation sites excluding steroid dienone is 2. The van der Waals surface area contributed by atoms with Crippen molar-refractivity contribution in [1.82, 2.24) is 10.2 Å². The number of nitrogens with two attached hydrogens (primary N) is 1. The summed E-state index contributed by atoms with van der Waals surface area (Å²) < 4.78 is 11.0. The molecular formula is C20H16N4O2. The van der Waals surface area contributed by atoms with Gasteiger partial charge in [0.15, 0.2) is 0 Å². The zero-order chi connectivity index (χ0) is 18.1. The van der Waals surface area contributed by atoms with Gasteiger partial charge in [-0.3, -0.25) is 5.10 Å². The number of nitriles is 1. The largest absolute Gasteiger partial charge is 0.465 e. The molecule has 0 saturated carbocycles. The normalized spacial score (nSPS) is 16.8. The number of furan rings is 1. The summed E-state index contributed by atoms with van der Waals surface area (Å²) in [5.74, 6) is 0.791. The second-order valence-electron chi connectivity index (χ2n) is 6.01. The van der Waals surface area contributed by atoms with E-state index in [-0.39, 0.29) is 11.8 Å². The van der Waals surface area contributed by atoms with Crippen LogP contribution in [0.15, 0.2) is 70.2 Å². The SMILES string of the molecule is C/C(=C/c1ccco1)[C@H]1C(C#N)=C(N)Oc2n[nH]c(-c3ccccc3)c21. The van der Waals surface area contributed by atoms with Gasteiger partial charge in [-0.05, 0) is 30.7 Å². The van der Waals surface area contributed by atoms with E-state index in [1.807, 2.05) is 55.5 Å². The number of fused-ring (bicyclic) bond motifs is 1. The van der Waals surface area contributed by atoms with E-state index in [1.54, 1.807) is 6.26 Å². The fraction of sp³-hybridized carbons (Fsp3) is 0.100. The standard InChI is InChI=1S/C20H16N4O2/c1-12(10-14-8-5-9-25-14)16-15(11-21)19(22)26-20-17(16)18(23-24-20)13-6-3-2-4-7-13/h2-10,16H,22H2,1H3,(H,23,24)/b12-10-/t16-/m0/s1. The van der Waals surface area contributed by atoms with Gasteiger partial charge in [0, 0.05) is 0 Å². The first kappa shape index (κ1) is 15.8. The maximum absolute atomic E-state index is 9.68. The number of benzene rings is 1. The van der Waals surface area contributed by atoms with E-state index in [9.17, 15) is 5.26 Å². The highest BCUT2D eigenvalue weighted by atomic mass is 16.5. The Balaban J connectivity index is 1.90. The van der Waals surface area contributed by atoms with Crippen LogP contribution in [-0.4, -0.2) is 10.2 Å². The van der Waals surface area contributed by atoms with E-state index in [0.717, 1.165) is 22.4 Å². The summed E-state index contributed by atoms with van der Waals surface area (Å²) in [6.07, 6.45) is 3.50. The van der Waals surface area contributed by atoms with Gasteiger partial charge in [0.1, 0.15) is 17.4 Å². The summed E-state index contributed by atoms with van der Waals surface area (Å²) in [7, 11) is 0. The van der Waals surface area contributed by atoms with Crippen LogP contribution in [0.4, 0.5) is 0 Å². The van der Waals surface area contributed by atoms with Crippen molar-refractivity contribution in [1.29, 1.82) is 5.26 Å². The molecule has 6 heteroatoms. The van der Waals surface area contributed by atoms with E-state index in [1.165, 1.54) is 0 Å². The Bertz CT molecular complexity index is 1040. The molecule has 1 aromatic carbocycles. The van der Waals surface area contributed by atoms with Gasteiger partial charge in [0.2, 0.25) is 11.8 Å². The molecule has 4 rings (SSSR count). The molecule has 0 unspecified atom stereocenters. The number of nitrogens with one attached hydrogen (secondary N) is 1. The Morgan fingerprint density at radius 2 is 2.08 bits per heavy atom. The summed E-state index contributed by atoms with van der Waals surface area (Å²) in [5, 5.41) is 17.0. The predicted octanol–water partition coefficient (Wildman–Crippen LogP) is 3.94. The van der Waals surface area contributed by atoms with Crippen molar-refractivity contribution in [3.8, 4) is 23.2 Å². The molecule has 1 atom stereocenters. The smallest absolute Gasteiger partial charge is 0.244 e. The molecule has 6 nitrogen and oxygen atoms in total. The van der Waals surface area contributed by atoms with Gasteiger partial charge in [-0.25, -0.2) is 0 Å². The van der Waals surface area contributed by atoms with Gasteiger partial charge in [-0.15, -0.1) is 5.10 Å². The van der Waals surface area contributed by atoms with Gasteiger partial charge < -0.3 is 14.9 Å². The van der Waals surface area contributed by atoms with Crippen molar-refractivity contribution in [2.24, 2.45) is 5.73 Å². The highest BCUT2D eigenvalue weighted by Crippen LogP contribution is 2.45. The number of hydrogen-bond acceptors (Lipinski definition) is 5. The van der Waals surface area contributed by atoms with Gasteiger partial charge in [-0.2, -0.15) is 5.26 Å². The van der Waals surface area contributed by atoms with Crippen LogP contribution in [0.2, 0.25) is 0 Å². The Morgan fingerprint density at radius 1 is 1.27 bits per heavy atom. The monoisotopic (exact) mass is 344 g/mol. The molecule has 3 N–H and O–H groups in total. The Hall–Kier alpha value is -3.72. The number of aromatic amines is 1. The maximum atomic E-state index is 9.68. The molecule has 1 aliphatic heterocycles. The van der Waals surface area contributed by atoms with Gasteiger partial charge in [0.05, 0.1) is 23.4 Å². The number of aromatic nitrogens is 2. The Kier molecular flexibility index (Phi) is 3.82. The summed E-state index contributed by atoms with van der Waals surface area (Å²) >= 11 is 0. The number of H-pyrrole nitrogens is 1. The first-order valence-corrected chi connectivity index (χ1v) is 8.12. The molecule has 0 aliphatic carbocycles. The van der Waals surface area contributed by atoms with E-state index in [2.05, 4.69) is 16.3 Å². The minimum Gasteiger partial charge on any atom is -0.465 e. The lowest BCUT2D eigenvalue weighted by molar-refractivity contribution is 0.378. The second kappa shape index (κ2) is 6.30. The van der Waals surface area contributed by atoms with E-state index in [0.29, 0.717) is 17.2 Å². The molecule has 0 radical (unpaired) electrons. The van der Waals surface area contributed by atoms with Crippen LogP contribution in [-0.2, 0) is 0 Å². The van der Waals surface area contributed by atoms with Crippen LogP contribution in [0, 0.1) is 11.3 Å². The molecule has 3 aromatic rings. The van der Waals surface area contributed by atoms with Crippen molar-refractivity contribution >= 4 is 6.08 Å². The van der Waals surface area contributed by atoms with Crippen LogP contribution < -0.4 is 10.5 Å². The molecule has 128 valence electrons. The quantitative estimate of drug-likeness (QED) is 0.749. The van der Waals surface area contributed by atoms with E-state index in [4.69, 9.17) is 14.9 Å². The third kappa shape index (κ3) is 2.56. The summed E-state index contributed by atoms with van der Waals surface area (Å²) in [6.45, 7) is 1.94. The summed E-state index contributed by atoms with van der Waals surface area (Å²) in [4.78, 5) is 0. The fourth-order valence-electron chi connectivity index (χ4n) is 3.21. The van der Waals surface area contributed by atoms with Crippen LogP contribution >= 0.6 is 0 Å². The minimum absolute atomic E-state index is 0.0725. The van der Waals surface area contributed by atoms with Crippen molar-refractivity contribution < 1.29 is 9.15 Å². The highest BCUT2D eigenvalue weighted by Gasteiger charge is 2.35. The van der Waals surface area contributed by atoms with Crippen molar-refractivity contribution in [2.45, 2.75) is 12.8 Å². The third-order valence-corrected chi connectivity index (χ3v) is 4.37. The van der Waals surface area contributed by atoms with Crippen LogP contribution in [0.25, 0.3) is 17.3 Å². The Labute approximate surface area is 150 Å². The predicted molar refractivity (Wildman–Crippen MR) is 96.6 cm³/mol. The molecule has 0 saturated heterocycles. The highest BCUT2D eigenvalue weighted by molar-refractivity contribution is 5.71. The third-order valence-electron chi connectivity index (χ3n) is 4.37. The number of hydrogen-bond donors (Lipinski definition) is 2. The molecule has 26 heavy (non-hydrogen) atoms. The first-order chi connectivity index (χ1) is 12.7. The molecule has 0 amide bonds. The van der Waals surface area contributed by atoms with Crippen LogP contribution in [0.3, 0.4) is 0 Å². The average Bonchev–Trinajstić information content (AvgIpc) is 3.30. The first-order valence-electron chi connectivity index (χ1n) is 8.12. The lowest BCUT2D eigenvalue weighted by Crippen LogP contribution is -2.20. The van der Waals surface area contributed by atoms with Gasteiger partial charge in [-0.1, -0.05) is 35.9 Å². The van der Waals surface area contributed by atoms with Gasteiger partial charge in [0.25, 0.3) is 0 Å². The average molecular weight is 344 g/mol. The molecule has 0 bridgehead atoms. The van der Waals surface area contributed by atoms with Crippen LogP contribution in [0.1, 0.15) is 24.2 Å². The lowest BCUT2D eigenvalue weighted by Gasteiger charge is -2.24. The van der Waals surface area contributed by atoms with Crippen LogP contribution in [0.5, 0.6) is 5.88 Å². The molecule has 2 aromatic heterocycles. The fourth-order valence-corrected chi connectivity index (χ4v) is 3.21. The summed E-state index contributed by atoms with van der Waals surface area (Å²) in [5.41, 5.74) is 9.80. The number of nitrogens with zero attached hydrogens (tertiary/aromatic N) is 2. The molecule has 0 fully saturated rings. The molecule has 1 aliphatic rings. The Morgan fingerprint density at radius 3 is 2.77 bits per heavy atom. The van der Waals surface area contributed by atoms with E-state index >= 15 is 0 Å². The number of rotatable bonds is 3. The maximum Gasteiger partial charge on any atom is 0.244 e. The summed E-state index contributed by atoms with van der Waals surface area (Å²) in [6, 6.07) is 15.7. The van der Waals surface area contributed by atoms with E-state index < -0.39 is 0 Å². The van der Waals surface area contributed by atoms with Gasteiger partial charge >= 0.3 is 0 Å². The molecular weight excluding hydrogens is 328 g/mol. The lowest BCUT2D eigenvalue weighted by atomic mass is 9.83. The van der Waals surface area contributed by atoms with Crippen molar-refractivity contribution in [3.05, 3.63) is 77.1 Å². The topological polar surface area (TPSA) is 101 Å². The second-order valence-corrected chi connectivity index (χ2v) is 6.01. The number of ether oxygens (including phenoxy) is 1.